The lowest BCUT2D eigenvalue weighted by Crippen LogP contribution is -2.10. The van der Waals surface area contributed by atoms with Crippen LogP contribution in [0.3, 0.4) is 0 Å². The Labute approximate surface area is 179 Å². The standard InChI is InChI=1S/C23H21ClN4O2/c1-29-21-14-18(23-25-27-28-26-23)10-11-20(21)22(13-17-8-5-9-19(24)12-17)30-15-16-6-3-2-4-7-16/h2-12,14,22H,13,15H2,1H3,(H,25,26,27,28). The first-order chi connectivity index (χ1) is 14.7. The SMILES string of the molecule is COc1cc(-c2nn[nH]n2)ccc1C(Cc1cccc(Cl)c1)OCc1ccccc1. The van der Waals surface area contributed by atoms with Gasteiger partial charge in [0.1, 0.15) is 5.75 Å². The first-order valence-electron chi connectivity index (χ1n) is 9.54. The van der Waals surface area contributed by atoms with Gasteiger partial charge < -0.3 is 9.47 Å². The molecule has 0 amide bonds. The summed E-state index contributed by atoms with van der Waals surface area (Å²) < 4.78 is 12.0. The quantitative estimate of drug-likeness (QED) is 0.432. The number of aromatic nitrogens is 4. The van der Waals surface area contributed by atoms with Crippen molar-refractivity contribution in [1.29, 1.82) is 0 Å². The third-order valence-electron chi connectivity index (χ3n) is 4.79. The van der Waals surface area contributed by atoms with Crippen LogP contribution in [0.4, 0.5) is 0 Å². The number of ether oxygens (including phenoxy) is 2. The van der Waals surface area contributed by atoms with Crippen LogP contribution in [0.15, 0.2) is 72.8 Å². The second kappa shape index (κ2) is 9.52. The Kier molecular flexibility index (Phi) is 6.37. The number of benzene rings is 3. The van der Waals surface area contributed by atoms with Crippen molar-refractivity contribution >= 4 is 11.6 Å². The number of methoxy groups -OCH3 is 1. The van der Waals surface area contributed by atoms with E-state index >= 15 is 0 Å². The Bertz CT molecular complexity index is 1090. The van der Waals surface area contributed by atoms with Gasteiger partial charge in [-0.05, 0) is 34.5 Å². The first-order valence-corrected chi connectivity index (χ1v) is 9.92. The molecule has 0 aliphatic carbocycles. The van der Waals surface area contributed by atoms with E-state index in [2.05, 4.69) is 20.6 Å². The normalized spacial score (nSPS) is 11.9. The highest BCUT2D eigenvalue weighted by Crippen LogP contribution is 2.34. The fourth-order valence-corrected chi connectivity index (χ4v) is 3.52. The van der Waals surface area contributed by atoms with E-state index in [-0.39, 0.29) is 6.10 Å². The van der Waals surface area contributed by atoms with Crippen LogP contribution in [0, 0.1) is 0 Å². The molecule has 30 heavy (non-hydrogen) atoms. The van der Waals surface area contributed by atoms with E-state index in [1.165, 1.54) is 0 Å². The summed E-state index contributed by atoms with van der Waals surface area (Å²) in [6.45, 7) is 0.488. The summed E-state index contributed by atoms with van der Waals surface area (Å²) in [5.74, 6) is 1.22. The Morgan fingerprint density at radius 1 is 0.967 bits per heavy atom. The molecule has 1 N–H and O–H groups in total. The highest BCUT2D eigenvalue weighted by atomic mass is 35.5. The zero-order valence-electron chi connectivity index (χ0n) is 16.5. The minimum Gasteiger partial charge on any atom is -0.496 e. The van der Waals surface area contributed by atoms with Gasteiger partial charge in [0.15, 0.2) is 0 Å². The lowest BCUT2D eigenvalue weighted by molar-refractivity contribution is 0.0383. The van der Waals surface area contributed by atoms with Crippen LogP contribution in [-0.2, 0) is 17.8 Å². The topological polar surface area (TPSA) is 72.9 Å². The van der Waals surface area contributed by atoms with E-state index in [1.807, 2.05) is 72.8 Å². The second-order valence-electron chi connectivity index (χ2n) is 6.81. The third kappa shape index (κ3) is 4.84. The van der Waals surface area contributed by atoms with Gasteiger partial charge in [-0.1, -0.05) is 66.2 Å². The summed E-state index contributed by atoms with van der Waals surface area (Å²) in [4.78, 5) is 0. The molecule has 7 heteroatoms. The van der Waals surface area contributed by atoms with Crippen molar-refractivity contribution in [2.45, 2.75) is 19.1 Å². The molecule has 4 rings (SSSR count). The highest BCUT2D eigenvalue weighted by Gasteiger charge is 2.20. The van der Waals surface area contributed by atoms with Gasteiger partial charge in [0.2, 0.25) is 5.82 Å². The molecule has 1 unspecified atom stereocenters. The van der Waals surface area contributed by atoms with Gasteiger partial charge in [-0.2, -0.15) is 5.21 Å². The molecule has 152 valence electrons. The third-order valence-corrected chi connectivity index (χ3v) is 5.02. The summed E-state index contributed by atoms with van der Waals surface area (Å²) in [6.07, 6.45) is 0.434. The number of hydrogen-bond acceptors (Lipinski definition) is 5. The molecule has 6 nitrogen and oxygen atoms in total. The van der Waals surface area contributed by atoms with Gasteiger partial charge in [0.05, 0.1) is 19.8 Å². The maximum atomic E-state index is 6.36. The predicted octanol–water partition coefficient (Wildman–Crippen LogP) is 5.03. The van der Waals surface area contributed by atoms with E-state index < -0.39 is 0 Å². The molecule has 0 spiro atoms. The number of halogens is 1. The average Bonchev–Trinajstić information content (AvgIpc) is 3.32. The van der Waals surface area contributed by atoms with E-state index in [0.29, 0.717) is 29.6 Å². The Morgan fingerprint density at radius 3 is 2.53 bits per heavy atom. The fourth-order valence-electron chi connectivity index (χ4n) is 3.31. The molecule has 1 atom stereocenters. The van der Waals surface area contributed by atoms with Gasteiger partial charge in [-0.25, -0.2) is 0 Å². The van der Waals surface area contributed by atoms with E-state index in [0.717, 1.165) is 22.3 Å². The van der Waals surface area contributed by atoms with Gasteiger partial charge in [-0.15, -0.1) is 10.2 Å². The lowest BCUT2D eigenvalue weighted by Gasteiger charge is -2.21. The highest BCUT2D eigenvalue weighted by molar-refractivity contribution is 6.30. The fraction of sp³-hybridized carbons (Fsp3) is 0.174. The number of nitrogens with zero attached hydrogens (tertiary/aromatic N) is 3. The van der Waals surface area contributed by atoms with Crippen molar-refractivity contribution in [2.24, 2.45) is 0 Å². The second-order valence-corrected chi connectivity index (χ2v) is 7.25. The summed E-state index contributed by atoms with van der Waals surface area (Å²) in [5, 5.41) is 14.9. The van der Waals surface area contributed by atoms with Gasteiger partial charge >= 0.3 is 0 Å². The summed E-state index contributed by atoms with van der Waals surface area (Å²) in [7, 11) is 1.65. The monoisotopic (exact) mass is 420 g/mol. The number of H-pyrrole nitrogens is 1. The molecule has 0 aliphatic rings. The largest absolute Gasteiger partial charge is 0.496 e. The zero-order chi connectivity index (χ0) is 20.8. The lowest BCUT2D eigenvalue weighted by atomic mass is 9.98. The van der Waals surface area contributed by atoms with Crippen LogP contribution in [0.25, 0.3) is 11.4 Å². The molecule has 0 saturated heterocycles. The van der Waals surface area contributed by atoms with Crippen LogP contribution in [0.1, 0.15) is 22.8 Å². The molecule has 0 saturated carbocycles. The van der Waals surface area contributed by atoms with Crippen molar-refractivity contribution in [3.63, 3.8) is 0 Å². The molecule has 4 aromatic rings. The smallest absolute Gasteiger partial charge is 0.204 e. The number of tetrazole rings is 1. The molecular weight excluding hydrogens is 400 g/mol. The maximum Gasteiger partial charge on any atom is 0.204 e. The molecule has 0 aliphatic heterocycles. The minimum absolute atomic E-state index is 0.224. The molecule has 3 aromatic carbocycles. The van der Waals surface area contributed by atoms with Gasteiger partial charge in [0.25, 0.3) is 0 Å². The van der Waals surface area contributed by atoms with Crippen LogP contribution in [0.2, 0.25) is 5.02 Å². The van der Waals surface area contributed by atoms with Crippen LogP contribution < -0.4 is 4.74 Å². The van der Waals surface area contributed by atoms with Crippen molar-refractivity contribution in [1.82, 2.24) is 20.6 Å². The maximum absolute atomic E-state index is 6.36. The Balaban J connectivity index is 1.65. The average molecular weight is 421 g/mol. The van der Waals surface area contributed by atoms with Crippen molar-refractivity contribution in [2.75, 3.05) is 7.11 Å². The first kappa shape index (κ1) is 20.1. The molecular formula is C23H21ClN4O2. The minimum atomic E-state index is -0.224. The number of aromatic amines is 1. The summed E-state index contributed by atoms with van der Waals surface area (Å²) in [6, 6.07) is 23.8. The zero-order valence-corrected chi connectivity index (χ0v) is 17.2. The van der Waals surface area contributed by atoms with Crippen molar-refractivity contribution < 1.29 is 9.47 Å². The van der Waals surface area contributed by atoms with E-state index in [9.17, 15) is 0 Å². The van der Waals surface area contributed by atoms with E-state index in [4.69, 9.17) is 21.1 Å². The summed E-state index contributed by atoms with van der Waals surface area (Å²) in [5.41, 5.74) is 3.95. The van der Waals surface area contributed by atoms with Gasteiger partial charge in [-0.3, -0.25) is 0 Å². The Hall–Kier alpha value is -3.22. The van der Waals surface area contributed by atoms with Crippen LogP contribution in [0.5, 0.6) is 5.75 Å². The Morgan fingerprint density at radius 2 is 1.80 bits per heavy atom. The van der Waals surface area contributed by atoms with Crippen molar-refractivity contribution in [3.8, 4) is 17.1 Å². The van der Waals surface area contributed by atoms with Gasteiger partial charge in [0, 0.05) is 22.6 Å². The van der Waals surface area contributed by atoms with E-state index in [1.54, 1.807) is 7.11 Å². The number of nitrogens with one attached hydrogen (secondary N) is 1. The van der Waals surface area contributed by atoms with Crippen LogP contribution in [-0.4, -0.2) is 27.7 Å². The number of hydrogen-bond donors (Lipinski definition) is 1. The summed E-state index contributed by atoms with van der Waals surface area (Å²) >= 11 is 6.20. The molecule has 1 aromatic heterocycles. The van der Waals surface area contributed by atoms with Crippen LogP contribution >= 0.6 is 11.6 Å². The molecule has 0 fully saturated rings. The van der Waals surface area contributed by atoms with Crippen molar-refractivity contribution in [3.05, 3.63) is 94.5 Å². The molecule has 0 bridgehead atoms. The number of rotatable bonds is 8. The molecule has 1 heterocycles. The molecule has 0 radical (unpaired) electrons. The predicted molar refractivity (Wildman–Crippen MR) is 115 cm³/mol.